The van der Waals surface area contributed by atoms with Crippen molar-refractivity contribution in [2.24, 2.45) is 5.92 Å². The van der Waals surface area contributed by atoms with Crippen LogP contribution in [-0.2, 0) is 0 Å². The van der Waals surface area contributed by atoms with Gasteiger partial charge in [-0.15, -0.1) is 0 Å². The summed E-state index contributed by atoms with van der Waals surface area (Å²) in [6.45, 7) is 2.31. The van der Waals surface area contributed by atoms with E-state index in [1.54, 1.807) is 12.3 Å². The summed E-state index contributed by atoms with van der Waals surface area (Å²) in [5.74, 6) is 1.63. The lowest BCUT2D eigenvalue weighted by molar-refractivity contribution is 0.340. The minimum absolute atomic E-state index is 0.516. The summed E-state index contributed by atoms with van der Waals surface area (Å²) in [6, 6.07) is 4.27. The van der Waals surface area contributed by atoms with Crippen LogP contribution in [0.4, 0.5) is 11.5 Å². The molecule has 0 radical (unpaired) electrons. The number of aromatic nitrogens is 1. The molecule has 0 unspecified atom stereocenters. The fourth-order valence-electron chi connectivity index (χ4n) is 2.63. The van der Waals surface area contributed by atoms with E-state index in [9.17, 15) is 0 Å². The van der Waals surface area contributed by atoms with Gasteiger partial charge < -0.3 is 10.6 Å². The molecule has 0 atom stereocenters. The van der Waals surface area contributed by atoms with Gasteiger partial charge >= 0.3 is 0 Å². The molecule has 0 amide bonds. The third-order valence-corrected chi connectivity index (χ3v) is 3.89. The van der Waals surface area contributed by atoms with E-state index in [1.807, 2.05) is 7.05 Å². The van der Waals surface area contributed by atoms with Gasteiger partial charge in [-0.25, -0.2) is 4.98 Å². The molecule has 4 nitrogen and oxygen atoms in total. The van der Waals surface area contributed by atoms with Crippen LogP contribution in [0.2, 0.25) is 0 Å². The van der Waals surface area contributed by atoms with Crippen molar-refractivity contribution in [3.63, 3.8) is 0 Å². The molecule has 96 valence electrons. The van der Waals surface area contributed by atoms with Crippen LogP contribution in [0.3, 0.4) is 0 Å². The summed E-state index contributed by atoms with van der Waals surface area (Å²) in [6.07, 6.45) is 6.52. The molecule has 1 aliphatic rings. The lowest BCUT2D eigenvalue weighted by Crippen LogP contribution is -2.35. The van der Waals surface area contributed by atoms with Gasteiger partial charge in [-0.1, -0.05) is 6.92 Å². The summed E-state index contributed by atoms with van der Waals surface area (Å²) in [4.78, 5) is 6.49. The molecule has 4 heteroatoms. The smallest absolute Gasteiger partial charge is 0.151 e. The molecule has 1 heterocycles. The zero-order valence-corrected chi connectivity index (χ0v) is 11.1. The van der Waals surface area contributed by atoms with Gasteiger partial charge in [-0.3, -0.25) is 0 Å². The van der Waals surface area contributed by atoms with E-state index in [1.165, 1.54) is 25.7 Å². The molecule has 1 saturated carbocycles. The third-order valence-electron chi connectivity index (χ3n) is 3.89. The first-order valence-corrected chi connectivity index (χ1v) is 6.50. The lowest BCUT2D eigenvalue weighted by atomic mass is 9.87. The molecule has 0 bridgehead atoms. The van der Waals surface area contributed by atoms with Crippen molar-refractivity contribution in [3.8, 4) is 6.07 Å². The number of nitrogens with zero attached hydrogens (tertiary/aromatic N) is 3. The Morgan fingerprint density at radius 1 is 1.39 bits per heavy atom. The summed E-state index contributed by atoms with van der Waals surface area (Å²) in [7, 11) is 2.05. The maximum absolute atomic E-state index is 8.81. The highest BCUT2D eigenvalue weighted by molar-refractivity contribution is 5.64. The second-order valence-corrected chi connectivity index (χ2v) is 5.27. The van der Waals surface area contributed by atoms with E-state index in [4.69, 9.17) is 11.0 Å². The van der Waals surface area contributed by atoms with Crippen LogP contribution in [0.1, 0.15) is 38.2 Å². The van der Waals surface area contributed by atoms with Crippen molar-refractivity contribution in [1.29, 1.82) is 5.26 Å². The molecule has 0 aromatic carbocycles. The maximum Gasteiger partial charge on any atom is 0.151 e. The van der Waals surface area contributed by atoms with E-state index in [0.29, 0.717) is 17.3 Å². The van der Waals surface area contributed by atoms with Gasteiger partial charge in [0.25, 0.3) is 0 Å². The molecule has 1 aromatic heterocycles. The quantitative estimate of drug-likeness (QED) is 0.868. The first-order valence-electron chi connectivity index (χ1n) is 6.50. The van der Waals surface area contributed by atoms with E-state index in [-0.39, 0.29) is 0 Å². The highest BCUT2D eigenvalue weighted by Crippen LogP contribution is 2.30. The van der Waals surface area contributed by atoms with Crippen LogP contribution in [0.15, 0.2) is 12.3 Å². The van der Waals surface area contributed by atoms with Crippen LogP contribution in [0, 0.1) is 17.2 Å². The highest BCUT2D eigenvalue weighted by Gasteiger charge is 2.23. The number of nitrogen functional groups attached to an aromatic ring is 1. The van der Waals surface area contributed by atoms with Crippen LogP contribution in [-0.4, -0.2) is 18.1 Å². The van der Waals surface area contributed by atoms with Gasteiger partial charge in [0.1, 0.15) is 6.07 Å². The summed E-state index contributed by atoms with van der Waals surface area (Å²) in [5.41, 5.74) is 7.08. The molecule has 0 saturated heterocycles. The standard InChI is InChI=1S/C14H20N4/c1-10-3-5-12(6-4-10)18(2)14-13(16)7-11(8-15)9-17-14/h7,9-10,12H,3-6,16H2,1-2H3. The van der Waals surface area contributed by atoms with Crippen molar-refractivity contribution in [2.45, 2.75) is 38.6 Å². The van der Waals surface area contributed by atoms with Crippen LogP contribution >= 0.6 is 0 Å². The Hall–Kier alpha value is -1.76. The molecule has 18 heavy (non-hydrogen) atoms. The van der Waals surface area contributed by atoms with E-state index in [0.717, 1.165) is 11.7 Å². The van der Waals surface area contributed by atoms with Gasteiger partial charge in [0.05, 0.1) is 11.3 Å². The first kappa shape index (κ1) is 12.7. The Kier molecular flexibility index (Phi) is 3.71. The molecule has 1 fully saturated rings. The average Bonchev–Trinajstić information content (AvgIpc) is 2.38. The van der Waals surface area contributed by atoms with Crippen molar-refractivity contribution in [2.75, 3.05) is 17.7 Å². The Balaban J connectivity index is 2.14. The fourth-order valence-corrected chi connectivity index (χ4v) is 2.63. The number of rotatable bonds is 2. The SMILES string of the molecule is CC1CCC(N(C)c2ncc(C#N)cc2N)CC1. The zero-order valence-electron chi connectivity index (χ0n) is 11.1. The number of hydrogen-bond acceptors (Lipinski definition) is 4. The predicted octanol–water partition coefficient (Wildman–Crippen LogP) is 2.55. The lowest BCUT2D eigenvalue weighted by Gasteiger charge is -2.34. The maximum atomic E-state index is 8.81. The normalized spacial score (nSPS) is 23.4. The largest absolute Gasteiger partial charge is 0.396 e. The van der Waals surface area contributed by atoms with Crippen molar-refractivity contribution in [3.05, 3.63) is 17.8 Å². The predicted molar refractivity (Wildman–Crippen MR) is 73.2 cm³/mol. The summed E-state index contributed by atoms with van der Waals surface area (Å²) >= 11 is 0. The Labute approximate surface area is 108 Å². The summed E-state index contributed by atoms with van der Waals surface area (Å²) < 4.78 is 0. The van der Waals surface area contributed by atoms with E-state index < -0.39 is 0 Å². The molecule has 2 N–H and O–H groups in total. The van der Waals surface area contributed by atoms with E-state index >= 15 is 0 Å². The molecule has 1 aromatic rings. The molecular weight excluding hydrogens is 224 g/mol. The van der Waals surface area contributed by atoms with Crippen molar-refractivity contribution in [1.82, 2.24) is 4.98 Å². The zero-order chi connectivity index (χ0) is 13.1. The number of anilines is 2. The molecule has 0 aliphatic heterocycles. The number of hydrogen-bond donors (Lipinski definition) is 1. The van der Waals surface area contributed by atoms with Gasteiger partial charge in [-0.2, -0.15) is 5.26 Å². The monoisotopic (exact) mass is 244 g/mol. The molecule has 2 rings (SSSR count). The van der Waals surface area contributed by atoms with Crippen LogP contribution in [0.25, 0.3) is 0 Å². The van der Waals surface area contributed by atoms with Crippen molar-refractivity contribution < 1.29 is 0 Å². The minimum Gasteiger partial charge on any atom is -0.396 e. The second-order valence-electron chi connectivity index (χ2n) is 5.27. The average molecular weight is 244 g/mol. The minimum atomic E-state index is 0.516. The topological polar surface area (TPSA) is 65.9 Å². The Morgan fingerprint density at radius 2 is 2.06 bits per heavy atom. The molecule has 1 aliphatic carbocycles. The third kappa shape index (κ3) is 2.56. The number of nitriles is 1. The molecule has 0 spiro atoms. The summed E-state index contributed by atoms with van der Waals surface area (Å²) in [5, 5.41) is 8.81. The van der Waals surface area contributed by atoms with Gasteiger partial charge in [-0.05, 0) is 37.7 Å². The highest BCUT2D eigenvalue weighted by atomic mass is 15.2. The second kappa shape index (κ2) is 5.26. The van der Waals surface area contributed by atoms with Crippen molar-refractivity contribution >= 4 is 11.5 Å². The van der Waals surface area contributed by atoms with Crippen LogP contribution < -0.4 is 10.6 Å². The first-order chi connectivity index (χ1) is 8.61. The van der Waals surface area contributed by atoms with Gasteiger partial charge in [0.15, 0.2) is 5.82 Å². The van der Waals surface area contributed by atoms with E-state index in [2.05, 4.69) is 22.9 Å². The van der Waals surface area contributed by atoms with Crippen LogP contribution in [0.5, 0.6) is 0 Å². The van der Waals surface area contributed by atoms with Gasteiger partial charge in [0.2, 0.25) is 0 Å². The fraction of sp³-hybridized carbons (Fsp3) is 0.571. The van der Waals surface area contributed by atoms with Gasteiger partial charge in [0, 0.05) is 19.3 Å². The number of nitrogens with two attached hydrogens (primary N) is 1. The molecular formula is C14H20N4. The Morgan fingerprint density at radius 3 is 2.61 bits per heavy atom. The Bertz CT molecular complexity index is 455. The number of pyridine rings is 1.